The summed E-state index contributed by atoms with van der Waals surface area (Å²) in [5.74, 6) is 0.654. The van der Waals surface area contributed by atoms with Crippen molar-refractivity contribution < 1.29 is 0 Å². The van der Waals surface area contributed by atoms with Crippen molar-refractivity contribution in [3.63, 3.8) is 0 Å². The molecule has 0 aliphatic carbocycles. The second-order valence-corrected chi connectivity index (χ2v) is 4.00. The van der Waals surface area contributed by atoms with E-state index in [0.717, 1.165) is 17.0 Å². The second-order valence-electron chi connectivity index (χ2n) is 4.00. The molecule has 0 spiro atoms. The lowest BCUT2D eigenvalue weighted by Gasteiger charge is -2.03. The molecule has 0 fully saturated rings. The van der Waals surface area contributed by atoms with Crippen molar-refractivity contribution in [2.45, 2.75) is 20.0 Å². The zero-order valence-corrected chi connectivity index (χ0v) is 9.96. The van der Waals surface area contributed by atoms with Crippen LogP contribution < -0.4 is 5.32 Å². The summed E-state index contributed by atoms with van der Waals surface area (Å²) in [6, 6.07) is 5.98. The molecular formula is C11H13N7. The molecule has 0 saturated heterocycles. The molecule has 0 aliphatic heterocycles. The van der Waals surface area contributed by atoms with Gasteiger partial charge in [0.15, 0.2) is 5.82 Å². The van der Waals surface area contributed by atoms with Crippen molar-refractivity contribution in [2.24, 2.45) is 0 Å². The minimum absolute atomic E-state index is 0.579. The van der Waals surface area contributed by atoms with E-state index in [2.05, 4.69) is 35.3 Å². The molecule has 7 nitrogen and oxygen atoms in total. The Bertz CT molecular complexity index is 641. The Morgan fingerprint density at radius 1 is 1.33 bits per heavy atom. The van der Waals surface area contributed by atoms with Gasteiger partial charge < -0.3 is 9.72 Å². The number of rotatable bonds is 4. The molecule has 3 rings (SSSR count). The van der Waals surface area contributed by atoms with Crippen LogP contribution in [0.15, 0.2) is 24.4 Å². The highest BCUT2D eigenvalue weighted by molar-refractivity contribution is 5.42. The number of pyridine rings is 1. The first kappa shape index (κ1) is 10.8. The third kappa shape index (κ3) is 1.95. The number of fused-ring (bicyclic) bond motifs is 1. The smallest absolute Gasteiger partial charge is 0.188 e. The molecule has 18 heavy (non-hydrogen) atoms. The van der Waals surface area contributed by atoms with E-state index in [1.54, 1.807) is 0 Å². The van der Waals surface area contributed by atoms with Crippen molar-refractivity contribution in [1.82, 2.24) is 35.3 Å². The first-order chi connectivity index (χ1) is 8.84. The molecule has 3 aromatic heterocycles. The topological polar surface area (TPSA) is 83.8 Å². The maximum absolute atomic E-state index is 4.50. The average molecular weight is 243 g/mol. The molecule has 0 unspecified atom stereocenters. The number of aromatic nitrogens is 6. The van der Waals surface area contributed by atoms with Gasteiger partial charge in [-0.3, -0.25) is 0 Å². The quantitative estimate of drug-likeness (QED) is 0.695. The number of hydrogen-bond acceptors (Lipinski definition) is 5. The van der Waals surface area contributed by atoms with Gasteiger partial charge in [-0.25, -0.2) is 4.98 Å². The van der Waals surface area contributed by atoms with Gasteiger partial charge in [-0.1, -0.05) is 11.3 Å². The molecule has 0 radical (unpaired) electrons. The van der Waals surface area contributed by atoms with Gasteiger partial charge in [0.2, 0.25) is 0 Å². The third-order valence-electron chi connectivity index (χ3n) is 2.79. The number of aryl methyl sites for hydroxylation is 1. The Morgan fingerprint density at radius 3 is 3.11 bits per heavy atom. The van der Waals surface area contributed by atoms with E-state index in [1.165, 1.54) is 0 Å². The maximum Gasteiger partial charge on any atom is 0.188 e. The van der Waals surface area contributed by atoms with E-state index in [0.29, 0.717) is 18.9 Å². The Balaban J connectivity index is 1.76. The van der Waals surface area contributed by atoms with Gasteiger partial charge in [0.1, 0.15) is 5.65 Å². The fraction of sp³-hybridized carbons (Fsp3) is 0.273. The average Bonchev–Trinajstić information content (AvgIpc) is 2.98. The Hall–Kier alpha value is -2.28. The highest BCUT2D eigenvalue weighted by Crippen LogP contribution is 2.11. The summed E-state index contributed by atoms with van der Waals surface area (Å²) < 4.78 is 2.08. The fourth-order valence-corrected chi connectivity index (χ4v) is 1.93. The lowest BCUT2D eigenvalue weighted by atomic mass is 10.3. The molecule has 92 valence electrons. The summed E-state index contributed by atoms with van der Waals surface area (Å²) in [7, 11) is 0. The first-order valence-corrected chi connectivity index (χ1v) is 5.70. The molecule has 7 heteroatoms. The molecule has 0 amide bonds. The number of imidazole rings is 1. The molecule has 0 aliphatic rings. The van der Waals surface area contributed by atoms with Gasteiger partial charge in [-0.15, -0.1) is 10.2 Å². The van der Waals surface area contributed by atoms with Crippen LogP contribution in [0.25, 0.3) is 5.65 Å². The highest BCUT2D eigenvalue weighted by Gasteiger charge is 2.07. The molecule has 3 aromatic rings. The number of hydrogen-bond donors (Lipinski definition) is 2. The summed E-state index contributed by atoms with van der Waals surface area (Å²) in [6.07, 6.45) is 2.01. The van der Waals surface area contributed by atoms with E-state index >= 15 is 0 Å². The lowest BCUT2D eigenvalue weighted by Crippen LogP contribution is -2.15. The minimum atomic E-state index is 0.579. The van der Waals surface area contributed by atoms with Crippen molar-refractivity contribution >= 4 is 5.65 Å². The number of tetrazole rings is 1. The first-order valence-electron chi connectivity index (χ1n) is 5.70. The van der Waals surface area contributed by atoms with Gasteiger partial charge in [0, 0.05) is 12.7 Å². The molecule has 0 aromatic carbocycles. The zero-order chi connectivity index (χ0) is 12.4. The molecular weight excluding hydrogens is 230 g/mol. The molecule has 0 saturated carbocycles. The number of H-pyrrole nitrogens is 1. The van der Waals surface area contributed by atoms with Crippen LogP contribution in [0.5, 0.6) is 0 Å². The van der Waals surface area contributed by atoms with Crippen LogP contribution in [0, 0.1) is 6.92 Å². The highest BCUT2D eigenvalue weighted by atomic mass is 15.5. The van der Waals surface area contributed by atoms with E-state index in [-0.39, 0.29) is 0 Å². The van der Waals surface area contributed by atoms with Crippen LogP contribution in [0.4, 0.5) is 0 Å². The van der Waals surface area contributed by atoms with Crippen LogP contribution >= 0.6 is 0 Å². The van der Waals surface area contributed by atoms with Gasteiger partial charge in [-0.05, 0) is 19.1 Å². The van der Waals surface area contributed by atoms with Crippen LogP contribution in [-0.2, 0) is 13.1 Å². The second kappa shape index (κ2) is 4.53. The number of nitrogens with zero attached hydrogens (tertiary/aromatic N) is 5. The molecule has 0 atom stereocenters. The van der Waals surface area contributed by atoms with Gasteiger partial charge in [-0.2, -0.15) is 5.21 Å². The Labute approximate surface area is 103 Å². The van der Waals surface area contributed by atoms with Crippen molar-refractivity contribution in [1.29, 1.82) is 0 Å². The number of aromatic amines is 1. The molecule has 0 bridgehead atoms. The van der Waals surface area contributed by atoms with Gasteiger partial charge in [0.05, 0.1) is 17.9 Å². The summed E-state index contributed by atoms with van der Waals surface area (Å²) in [6.45, 7) is 3.31. The Kier molecular flexibility index (Phi) is 2.73. The predicted molar refractivity (Wildman–Crippen MR) is 64.7 cm³/mol. The van der Waals surface area contributed by atoms with Crippen LogP contribution in [0.3, 0.4) is 0 Å². The fourth-order valence-electron chi connectivity index (χ4n) is 1.93. The van der Waals surface area contributed by atoms with Crippen molar-refractivity contribution in [3.8, 4) is 0 Å². The van der Waals surface area contributed by atoms with E-state index in [4.69, 9.17) is 0 Å². The van der Waals surface area contributed by atoms with Crippen LogP contribution in [-0.4, -0.2) is 30.0 Å². The predicted octanol–water partition coefficient (Wildman–Crippen LogP) is 0.446. The monoisotopic (exact) mass is 243 g/mol. The normalized spacial score (nSPS) is 11.2. The van der Waals surface area contributed by atoms with Gasteiger partial charge in [0.25, 0.3) is 0 Å². The summed E-state index contributed by atoms with van der Waals surface area (Å²) in [4.78, 5) is 4.50. The Morgan fingerprint density at radius 2 is 2.28 bits per heavy atom. The third-order valence-corrected chi connectivity index (χ3v) is 2.79. The van der Waals surface area contributed by atoms with E-state index < -0.39 is 0 Å². The van der Waals surface area contributed by atoms with Crippen molar-refractivity contribution in [2.75, 3.05) is 0 Å². The molecule has 3 heterocycles. The summed E-state index contributed by atoms with van der Waals surface area (Å²) >= 11 is 0. The standard InChI is InChI=1S/C11H13N7/c1-8-9(6-12-7-10-14-16-17-15-10)18-5-3-2-4-11(18)13-8/h2-5,12H,6-7H2,1H3,(H,14,15,16,17). The molecule has 2 N–H and O–H groups in total. The van der Waals surface area contributed by atoms with E-state index in [1.807, 2.05) is 31.3 Å². The maximum atomic E-state index is 4.50. The summed E-state index contributed by atoms with van der Waals surface area (Å²) in [5, 5.41) is 17.0. The number of nitrogens with one attached hydrogen (secondary N) is 2. The lowest BCUT2D eigenvalue weighted by molar-refractivity contribution is 0.647. The SMILES string of the molecule is Cc1nc2ccccn2c1CNCc1nn[nH]n1. The van der Waals surface area contributed by atoms with E-state index in [9.17, 15) is 0 Å². The largest absolute Gasteiger partial charge is 0.304 e. The summed E-state index contributed by atoms with van der Waals surface area (Å²) in [5.41, 5.74) is 3.14. The van der Waals surface area contributed by atoms with Crippen LogP contribution in [0.1, 0.15) is 17.2 Å². The van der Waals surface area contributed by atoms with Crippen molar-refractivity contribution in [3.05, 3.63) is 41.6 Å². The van der Waals surface area contributed by atoms with Gasteiger partial charge >= 0.3 is 0 Å². The van der Waals surface area contributed by atoms with Crippen LogP contribution in [0.2, 0.25) is 0 Å². The minimum Gasteiger partial charge on any atom is -0.304 e. The zero-order valence-electron chi connectivity index (χ0n) is 9.96.